The summed E-state index contributed by atoms with van der Waals surface area (Å²) >= 11 is 3.66. The second kappa shape index (κ2) is 5.70. The van der Waals surface area contributed by atoms with Crippen molar-refractivity contribution in [1.82, 2.24) is 15.5 Å². The lowest BCUT2D eigenvalue weighted by Gasteiger charge is -2.20. The monoisotopic (exact) mass is 335 g/mol. The van der Waals surface area contributed by atoms with Crippen LogP contribution in [-0.4, -0.2) is 17.2 Å². The summed E-state index contributed by atoms with van der Waals surface area (Å²) in [6.07, 6.45) is 0. The average Bonchev–Trinajstić information content (AvgIpc) is 2.71. The first-order valence-corrected chi connectivity index (χ1v) is 7.62. The maximum atomic E-state index is 4.48. The fourth-order valence-electron chi connectivity index (χ4n) is 2.18. The van der Waals surface area contributed by atoms with E-state index in [-0.39, 0.29) is 5.41 Å². The third-order valence-electron chi connectivity index (χ3n) is 3.49. The van der Waals surface area contributed by atoms with Crippen LogP contribution < -0.4 is 5.32 Å². The molecule has 2 rings (SSSR count). The predicted octanol–water partition coefficient (Wildman–Crippen LogP) is 4.16. The van der Waals surface area contributed by atoms with E-state index >= 15 is 0 Å². The van der Waals surface area contributed by atoms with E-state index in [1.165, 1.54) is 16.7 Å². The zero-order chi connectivity index (χ0) is 14.9. The number of hydrogen-bond acceptors (Lipinski definition) is 2. The zero-order valence-corrected chi connectivity index (χ0v) is 14.4. The van der Waals surface area contributed by atoms with Gasteiger partial charge < -0.3 is 5.32 Å². The fourth-order valence-corrected chi connectivity index (χ4v) is 2.71. The SMILES string of the molecule is CNCc1[nH]nc(-c2cc(C(C)(C)C)ccc2C)c1Br. The summed E-state index contributed by atoms with van der Waals surface area (Å²) in [4.78, 5) is 0. The van der Waals surface area contributed by atoms with E-state index in [9.17, 15) is 0 Å². The van der Waals surface area contributed by atoms with Crippen LogP contribution in [0.2, 0.25) is 0 Å². The van der Waals surface area contributed by atoms with Crippen LogP contribution in [0.3, 0.4) is 0 Å². The maximum Gasteiger partial charge on any atom is 0.107 e. The van der Waals surface area contributed by atoms with Gasteiger partial charge in [-0.1, -0.05) is 32.9 Å². The molecule has 20 heavy (non-hydrogen) atoms. The highest BCUT2D eigenvalue weighted by atomic mass is 79.9. The number of benzene rings is 1. The van der Waals surface area contributed by atoms with Gasteiger partial charge >= 0.3 is 0 Å². The number of aromatic nitrogens is 2. The molecule has 0 spiro atoms. The smallest absolute Gasteiger partial charge is 0.107 e. The molecule has 0 fully saturated rings. The molecule has 3 nitrogen and oxygen atoms in total. The van der Waals surface area contributed by atoms with E-state index in [1.54, 1.807) is 0 Å². The molecule has 1 heterocycles. The molecule has 2 aromatic rings. The van der Waals surface area contributed by atoms with E-state index in [2.05, 4.69) is 77.3 Å². The van der Waals surface area contributed by atoms with Gasteiger partial charge in [0.2, 0.25) is 0 Å². The Morgan fingerprint density at radius 2 is 2.00 bits per heavy atom. The minimum atomic E-state index is 0.138. The van der Waals surface area contributed by atoms with Gasteiger partial charge in [-0.2, -0.15) is 5.10 Å². The average molecular weight is 336 g/mol. The van der Waals surface area contributed by atoms with Gasteiger partial charge in [0, 0.05) is 12.1 Å². The molecule has 0 radical (unpaired) electrons. The Morgan fingerprint density at radius 3 is 2.60 bits per heavy atom. The molecule has 0 atom stereocenters. The Morgan fingerprint density at radius 1 is 1.30 bits per heavy atom. The van der Waals surface area contributed by atoms with E-state index in [0.717, 1.165) is 22.4 Å². The number of rotatable bonds is 3. The molecule has 0 aliphatic carbocycles. The normalized spacial score (nSPS) is 11.9. The number of nitrogens with one attached hydrogen (secondary N) is 2. The van der Waals surface area contributed by atoms with Gasteiger partial charge in [-0.05, 0) is 52.5 Å². The lowest BCUT2D eigenvalue weighted by molar-refractivity contribution is 0.590. The summed E-state index contributed by atoms with van der Waals surface area (Å²) in [5.41, 5.74) is 5.94. The number of aromatic amines is 1. The first kappa shape index (κ1) is 15.3. The number of H-pyrrole nitrogens is 1. The maximum absolute atomic E-state index is 4.48. The van der Waals surface area contributed by atoms with Crippen molar-refractivity contribution < 1.29 is 0 Å². The third-order valence-corrected chi connectivity index (χ3v) is 4.34. The van der Waals surface area contributed by atoms with Crippen LogP contribution in [0, 0.1) is 6.92 Å². The molecule has 2 N–H and O–H groups in total. The summed E-state index contributed by atoms with van der Waals surface area (Å²) in [6, 6.07) is 6.63. The summed E-state index contributed by atoms with van der Waals surface area (Å²) in [5, 5.41) is 10.7. The highest BCUT2D eigenvalue weighted by Gasteiger charge is 2.18. The van der Waals surface area contributed by atoms with Crippen LogP contribution in [0.5, 0.6) is 0 Å². The van der Waals surface area contributed by atoms with Gasteiger partial charge in [0.1, 0.15) is 5.69 Å². The summed E-state index contributed by atoms with van der Waals surface area (Å²) in [6.45, 7) is 9.58. The highest BCUT2D eigenvalue weighted by molar-refractivity contribution is 9.10. The summed E-state index contributed by atoms with van der Waals surface area (Å²) in [7, 11) is 1.93. The quantitative estimate of drug-likeness (QED) is 0.883. The molecule has 0 unspecified atom stereocenters. The minimum absolute atomic E-state index is 0.138. The van der Waals surface area contributed by atoms with Gasteiger partial charge in [-0.25, -0.2) is 0 Å². The van der Waals surface area contributed by atoms with Crippen LogP contribution in [0.1, 0.15) is 37.6 Å². The standard InChI is InChI=1S/C16H22BrN3/c1-10-6-7-11(16(2,3)4)8-12(10)15-14(17)13(9-18-5)19-20-15/h6-8,18H,9H2,1-5H3,(H,19,20). The molecule has 0 aliphatic rings. The number of aryl methyl sites for hydroxylation is 1. The molecule has 4 heteroatoms. The van der Waals surface area contributed by atoms with Gasteiger partial charge in [-0.3, -0.25) is 5.10 Å². The Balaban J connectivity index is 2.52. The highest BCUT2D eigenvalue weighted by Crippen LogP contribution is 2.34. The third kappa shape index (κ3) is 2.96. The van der Waals surface area contributed by atoms with Crippen LogP contribution >= 0.6 is 15.9 Å². The molecular formula is C16H22BrN3. The van der Waals surface area contributed by atoms with Crippen molar-refractivity contribution in [2.75, 3.05) is 7.05 Å². The molecule has 1 aromatic heterocycles. The van der Waals surface area contributed by atoms with Crippen molar-refractivity contribution in [3.05, 3.63) is 39.5 Å². The van der Waals surface area contributed by atoms with E-state index in [1.807, 2.05) is 7.05 Å². The molecule has 0 bridgehead atoms. The Kier molecular flexibility index (Phi) is 4.35. The summed E-state index contributed by atoms with van der Waals surface area (Å²) in [5.74, 6) is 0. The summed E-state index contributed by atoms with van der Waals surface area (Å²) < 4.78 is 1.04. The van der Waals surface area contributed by atoms with E-state index in [0.29, 0.717) is 0 Å². The van der Waals surface area contributed by atoms with Crippen molar-refractivity contribution in [3.8, 4) is 11.3 Å². The second-order valence-electron chi connectivity index (χ2n) is 6.17. The first-order valence-electron chi connectivity index (χ1n) is 6.83. The molecule has 0 saturated carbocycles. The Labute approximate surface area is 129 Å². The van der Waals surface area contributed by atoms with Crippen LogP contribution in [0.4, 0.5) is 0 Å². The molecule has 0 saturated heterocycles. The van der Waals surface area contributed by atoms with E-state index < -0.39 is 0 Å². The predicted molar refractivity (Wildman–Crippen MR) is 87.9 cm³/mol. The van der Waals surface area contributed by atoms with E-state index in [4.69, 9.17) is 0 Å². The largest absolute Gasteiger partial charge is 0.314 e. The molecule has 0 amide bonds. The molecule has 0 aliphatic heterocycles. The first-order chi connectivity index (χ1) is 9.34. The number of hydrogen-bond donors (Lipinski definition) is 2. The molecule has 108 valence electrons. The zero-order valence-electron chi connectivity index (χ0n) is 12.8. The fraction of sp³-hybridized carbons (Fsp3) is 0.438. The Hall–Kier alpha value is -1.13. The topological polar surface area (TPSA) is 40.7 Å². The van der Waals surface area contributed by atoms with Gasteiger partial charge in [0.25, 0.3) is 0 Å². The van der Waals surface area contributed by atoms with Gasteiger partial charge in [0.15, 0.2) is 0 Å². The van der Waals surface area contributed by atoms with Gasteiger partial charge in [0.05, 0.1) is 10.2 Å². The molecule has 1 aromatic carbocycles. The number of halogens is 1. The van der Waals surface area contributed by atoms with Crippen LogP contribution in [0.15, 0.2) is 22.7 Å². The molecular weight excluding hydrogens is 314 g/mol. The van der Waals surface area contributed by atoms with Gasteiger partial charge in [-0.15, -0.1) is 0 Å². The van der Waals surface area contributed by atoms with Crippen molar-refractivity contribution >= 4 is 15.9 Å². The van der Waals surface area contributed by atoms with Crippen LogP contribution in [-0.2, 0) is 12.0 Å². The van der Waals surface area contributed by atoms with Crippen molar-refractivity contribution in [3.63, 3.8) is 0 Å². The van der Waals surface area contributed by atoms with Crippen LogP contribution in [0.25, 0.3) is 11.3 Å². The number of nitrogens with zero attached hydrogens (tertiary/aromatic N) is 1. The van der Waals surface area contributed by atoms with Crippen molar-refractivity contribution in [2.45, 2.75) is 39.7 Å². The minimum Gasteiger partial charge on any atom is -0.314 e. The second-order valence-corrected chi connectivity index (χ2v) is 6.97. The van der Waals surface area contributed by atoms with Crippen molar-refractivity contribution in [1.29, 1.82) is 0 Å². The van der Waals surface area contributed by atoms with Crippen molar-refractivity contribution in [2.24, 2.45) is 0 Å². The lowest BCUT2D eigenvalue weighted by Crippen LogP contribution is -2.11. The lowest BCUT2D eigenvalue weighted by atomic mass is 9.85. The Bertz CT molecular complexity index is 609.